The molecule has 118 valence electrons. The number of halogens is 2. The Kier molecular flexibility index (Phi) is 6.07. The van der Waals surface area contributed by atoms with Gasteiger partial charge in [0, 0.05) is 5.02 Å². The summed E-state index contributed by atoms with van der Waals surface area (Å²) in [5.41, 5.74) is 2.25. The fourth-order valence-corrected chi connectivity index (χ4v) is 3.87. The van der Waals surface area contributed by atoms with Gasteiger partial charge >= 0.3 is 0 Å². The number of hydrogen-bond donors (Lipinski definition) is 1. The van der Waals surface area contributed by atoms with E-state index in [2.05, 4.69) is 5.32 Å². The highest BCUT2D eigenvalue weighted by Gasteiger charge is 2.31. The van der Waals surface area contributed by atoms with E-state index in [-0.39, 0.29) is 5.82 Å². The van der Waals surface area contributed by atoms with Gasteiger partial charge in [0.1, 0.15) is 5.82 Å². The lowest BCUT2D eigenvalue weighted by Gasteiger charge is -2.38. The highest BCUT2D eigenvalue weighted by atomic mass is 35.5. The van der Waals surface area contributed by atoms with E-state index in [9.17, 15) is 4.39 Å². The first kappa shape index (κ1) is 16.8. The number of benzene rings is 1. The summed E-state index contributed by atoms with van der Waals surface area (Å²) in [6, 6.07) is 3.39. The van der Waals surface area contributed by atoms with E-state index < -0.39 is 0 Å². The summed E-state index contributed by atoms with van der Waals surface area (Å²) in [6.45, 7) is 2.89. The average molecular weight is 312 g/mol. The third kappa shape index (κ3) is 4.43. The maximum absolute atomic E-state index is 13.5. The smallest absolute Gasteiger partial charge is 0.127 e. The summed E-state index contributed by atoms with van der Waals surface area (Å²) < 4.78 is 13.5. The molecule has 1 aliphatic carbocycles. The summed E-state index contributed by atoms with van der Waals surface area (Å²) in [7, 11) is 2.02. The van der Waals surface area contributed by atoms with Crippen LogP contribution < -0.4 is 5.32 Å². The Labute approximate surface area is 133 Å². The molecule has 3 heteroatoms. The van der Waals surface area contributed by atoms with Gasteiger partial charge in [-0.15, -0.1) is 0 Å². The maximum atomic E-state index is 13.5. The van der Waals surface area contributed by atoms with Crippen LogP contribution in [0.2, 0.25) is 5.02 Å². The molecule has 0 atom stereocenters. The predicted molar refractivity (Wildman–Crippen MR) is 88.5 cm³/mol. The van der Waals surface area contributed by atoms with Crippen molar-refractivity contribution in [1.82, 2.24) is 5.32 Å². The summed E-state index contributed by atoms with van der Waals surface area (Å²) in [5.74, 6) is -0.202. The molecule has 1 aromatic rings. The number of rotatable bonds is 6. The molecular weight excluding hydrogens is 285 g/mol. The lowest BCUT2D eigenvalue weighted by Crippen LogP contribution is -2.29. The quantitative estimate of drug-likeness (QED) is 0.753. The van der Waals surface area contributed by atoms with Gasteiger partial charge in [-0.05, 0) is 75.2 Å². The molecule has 1 aromatic carbocycles. The molecule has 0 bridgehead atoms. The Balaban J connectivity index is 2.06. The lowest BCUT2D eigenvalue weighted by atomic mass is 9.68. The summed E-state index contributed by atoms with van der Waals surface area (Å²) in [5, 5.41) is 3.87. The molecule has 0 spiro atoms. The molecule has 0 heterocycles. The topological polar surface area (TPSA) is 12.0 Å². The molecule has 1 fully saturated rings. The van der Waals surface area contributed by atoms with E-state index in [0.717, 1.165) is 18.5 Å². The van der Waals surface area contributed by atoms with Crippen LogP contribution in [0.4, 0.5) is 4.39 Å². The minimum Gasteiger partial charge on any atom is -0.320 e. The van der Waals surface area contributed by atoms with Gasteiger partial charge in [0.05, 0.1) is 0 Å². The van der Waals surface area contributed by atoms with E-state index in [0.29, 0.717) is 16.0 Å². The number of aryl methyl sites for hydroxylation is 2. The van der Waals surface area contributed by atoms with Gasteiger partial charge in [-0.25, -0.2) is 4.39 Å². The van der Waals surface area contributed by atoms with Crippen LogP contribution in [0.3, 0.4) is 0 Å². The zero-order valence-electron chi connectivity index (χ0n) is 13.3. The van der Waals surface area contributed by atoms with E-state index in [1.165, 1.54) is 51.0 Å². The molecule has 0 radical (unpaired) electrons. The van der Waals surface area contributed by atoms with Crippen molar-refractivity contribution < 1.29 is 4.39 Å². The highest BCUT2D eigenvalue weighted by Crippen LogP contribution is 2.43. The van der Waals surface area contributed by atoms with Crippen LogP contribution in [0.5, 0.6) is 0 Å². The average Bonchev–Trinajstić information content (AvgIpc) is 2.49. The van der Waals surface area contributed by atoms with Crippen LogP contribution in [0.25, 0.3) is 0 Å². The third-order valence-electron chi connectivity index (χ3n) is 5.07. The second kappa shape index (κ2) is 7.60. The van der Waals surface area contributed by atoms with Crippen LogP contribution in [0.1, 0.15) is 56.1 Å². The molecule has 1 aliphatic rings. The van der Waals surface area contributed by atoms with Crippen molar-refractivity contribution in [2.45, 2.75) is 58.3 Å². The SMILES string of the molecule is CNCCC1(CCc2cc(C)c(F)cc2Cl)CCCCC1. The lowest BCUT2D eigenvalue weighted by molar-refractivity contribution is 0.157. The van der Waals surface area contributed by atoms with Gasteiger partial charge in [0.2, 0.25) is 0 Å². The summed E-state index contributed by atoms with van der Waals surface area (Å²) >= 11 is 6.22. The van der Waals surface area contributed by atoms with Crippen LogP contribution in [-0.2, 0) is 6.42 Å². The Bertz CT molecular complexity index is 467. The number of nitrogens with one attached hydrogen (secondary N) is 1. The second-order valence-electron chi connectivity index (χ2n) is 6.61. The van der Waals surface area contributed by atoms with Gasteiger partial charge in [0.15, 0.2) is 0 Å². The highest BCUT2D eigenvalue weighted by molar-refractivity contribution is 6.31. The van der Waals surface area contributed by atoms with E-state index in [1.54, 1.807) is 0 Å². The largest absolute Gasteiger partial charge is 0.320 e. The van der Waals surface area contributed by atoms with Crippen LogP contribution in [-0.4, -0.2) is 13.6 Å². The molecule has 0 amide bonds. The minimum atomic E-state index is -0.202. The monoisotopic (exact) mass is 311 g/mol. The van der Waals surface area contributed by atoms with Crippen LogP contribution >= 0.6 is 11.6 Å². The van der Waals surface area contributed by atoms with E-state index in [4.69, 9.17) is 11.6 Å². The normalized spacial score (nSPS) is 17.9. The van der Waals surface area contributed by atoms with E-state index in [1.807, 2.05) is 20.0 Å². The molecule has 1 saturated carbocycles. The molecule has 21 heavy (non-hydrogen) atoms. The first-order valence-electron chi connectivity index (χ1n) is 8.15. The van der Waals surface area contributed by atoms with Crippen LogP contribution in [0, 0.1) is 18.2 Å². The molecule has 0 aromatic heterocycles. The van der Waals surface area contributed by atoms with Gasteiger partial charge in [0.25, 0.3) is 0 Å². The standard InChI is InChI=1S/C18H27ClFN/c1-14-12-15(16(19)13-17(14)20)6-9-18(10-11-21-2)7-4-3-5-8-18/h12-13,21H,3-11H2,1-2H3. The molecule has 0 unspecified atom stereocenters. The van der Waals surface area contributed by atoms with Gasteiger partial charge in [-0.1, -0.05) is 36.9 Å². The van der Waals surface area contributed by atoms with Gasteiger partial charge in [-0.2, -0.15) is 0 Å². The molecule has 2 rings (SSSR count). The van der Waals surface area contributed by atoms with Crippen molar-refractivity contribution >= 4 is 11.6 Å². The predicted octanol–water partition coefficient (Wildman–Crippen LogP) is 5.28. The molecular formula is C18H27ClFN. The van der Waals surface area contributed by atoms with Crippen molar-refractivity contribution in [2.75, 3.05) is 13.6 Å². The Morgan fingerprint density at radius 2 is 1.90 bits per heavy atom. The first-order chi connectivity index (χ1) is 10.1. The van der Waals surface area contributed by atoms with Gasteiger partial charge in [-0.3, -0.25) is 0 Å². The van der Waals surface area contributed by atoms with Crippen molar-refractivity contribution in [3.63, 3.8) is 0 Å². The minimum absolute atomic E-state index is 0.202. The Morgan fingerprint density at radius 1 is 1.19 bits per heavy atom. The second-order valence-corrected chi connectivity index (χ2v) is 7.01. The summed E-state index contributed by atoms with van der Waals surface area (Å²) in [6.07, 6.45) is 10.1. The van der Waals surface area contributed by atoms with Crippen LogP contribution in [0.15, 0.2) is 12.1 Å². The third-order valence-corrected chi connectivity index (χ3v) is 5.42. The zero-order chi connectivity index (χ0) is 15.3. The Hall–Kier alpha value is -0.600. The molecule has 1 N–H and O–H groups in total. The summed E-state index contributed by atoms with van der Waals surface area (Å²) in [4.78, 5) is 0. The molecule has 0 saturated heterocycles. The fraction of sp³-hybridized carbons (Fsp3) is 0.667. The van der Waals surface area contributed by atoms with Crippen molar-refractivity contribution in [3.05, 3.63) is 34.1 Å². The molecule has 1 nitrogen and oxygen atoms in total. The Morgan fingerprint density at radius 3 is 2.57 bits per heavy atom. The number of hydrogen-bond acceptors (Lipinski definition) is 1. The van der Waals surface area contributed by atoms with Gasteiger partial charge < -0.3 is 5.32 Å². The van der Waals surface area contributed by atoms with Crippen molar-refractivity contribution in [2.24, 2.45) is 5.41 Å². The van der Waals surface area contributed by atoms with E-state index >= 15 is 0 Å². The van der Waals surface area contributed by atoms with Crippen molar-refractivity contribution in [3.8, 4) is 0 Å². The zero-order valence-corrected chi connectivity index (χ0v) is 14.0. The van der Waals surface area contributed by atoms with Crippen molar-refractivity contribution in [1.29, 1.82) is 0 Å². The maximum Gasteiger partial charge on any atom is 0.127 e. The first-order valence-corrected chi connectivity index (χ1v) is 8.53. The molecule has 0 aliphatic heterocycles. The fourth-order valence-electron chi connectivity index (χ4n) is 3.63.